The first-order valence-corrected chi connectivity index (χ1v) is 12.2. The topological polar surface area (TPSA) is 125 Å². The lowest BCUT2D eigenvalue weighted by molar-refractivity contribution is -0.143. The molecule has 0 radical (unpaired) electrons. The van der Waals surface area contributed by atoms with Gasteiger partial charge in [-0.05, 0) is 50.1 Å². The molecule has 0 saturated carbocycles. The van der Waals surface area contributed by atoms with Gasteiger partial charge in [0.25, 0.3) is 0 Å². The molecular weight excluding hydrogens is 468 g/mol. The Hall–Kier alpha value is -3.66. The van der Waals surface area contributed by atoms with E-state index in [9.17, 15) is 19.5 Å². The zero-order chi connectivity index (χ0) is 25.4. The molecule has 0 aliphatic heterocycles. The predicted molar refractivity (Wildman–Crippen MR) is 133 cm³/mol. The third-order valence-corrected chi connectivity index (χ3v) is 6.27. The molecule has 3 aromatic rings. The van der Waals surface area contributed by atoms with Gasteiger partial charge in [0.15, 0.2) is 5.13 Å². The highest BCUT2D eigenvalue weighted by atomic mass is 32.1. The van der Waals surface area contributed by atoms with Gasteiger partial charge in [-0.25, -0.2) is 4.98 Å². The maximum absolute atomic E-state index is 13.5. The summed E-state index contributed by atoms with van der Waals surface area (Å²) >= 11 is 1.28. The Morgan fingerprint density at radius 1 is 1.17 bits per heavy atom. The maximum Gasteiger partial charge on any atom is 0.247 e. The van der Waals surface area contributed by atoms with Gasteiger partial charge in [-0.15, -0.1) is 11.3 Å². The summed E-state index contributed by atoms with van der Waals surface area (Å²) < 4.78 is 5.47. The lowest BCUT2D eigenvalue weighted by Crippen LogP contribution is -2.50. The summed E-state index contributed by atoms with van der Waals surface area (Å²) in [5.74, 6) is -0.557. The van der Waals surface area contributed by atoms with Gasteiger partial charge in [-0.2, -0.15) is 0 Å². The Balaban J connectivity index is 1.88. The molecule has 3 N–H and O–H groups in total. The van der Waals surface area contributed by atoms with Crippen molar-refractivity contribution in [3.63, 3.8) is 0 Å². The molecule has 0 bridgehead atoms. The van der Waals surface area contributed by atoms with Gasteiger partial charge in [-0.3, -0.25) is 14.4 Å². The van der Waals surface area contributed by atoms with Crippen LogP contribution in [0.2, 0.25) is 0 Å². The number of amides is 3. The van der Waals surface area contributed by atoms with Crippen molar-refractivity contribution in [2.75, 3.05) is 5.32 Å². The second kappa shape index (κ2) is 11.7. The molecule has 0 aliphatic rings. The van der Waals surface area contributed by atoms with Crippen molar-refractivity contribution in [1.29, 1.82) is 0 Å². The third kappa shape index (κ3) is 7.41. The van der Waals surface area contributed by atoms with Gasteiger partial charge in [0.2, 0.25) is 17.7 Å². The predicted octanol–water partition coefficient (Wildman–Crippen LogP) is 4.24. The van der Waals surface area contributed by atoms with Crippen LogP contribution in [0.15, 0.2) is 58.7 Å². The summed E-state index contributed by atoms with van der Waals surface area (Å²) in [6.45, 7) is 5.80. The Labute approximate surface area is 208 Å². The first-order valence-electron chi connectivity index (χ1n) is 11.3. The van der Waals surface area contributed by atoms with Crippen molar-refractivity contribution >= 4 is 34.2 Å². The Morgan fingerprint density at radius 2 is 1.91 bits per heavy atom. The normalized spacial score (nSPS) is 12.1. The van der Waals surface area contributed by atoms with E-state index >= 15 is 0 Å². The standard InChI is InChI=1S/C25H30N4O5S/c1-4-25(2,3)28-23(33)22(17-7-9-18(30)10-8-17)29(16-19-6-5-14-34-19)21(32)12-11-20(31)27-24-26-13-15-35-24/h5-10,13-15,22,30H,4,11-12,16H2,1-3H3,(H,28,33)(H,26,27,31)/t22-/m0/s1. The molecule has 2 aromatic heterocycles. The van der Waals surface area contributed by atoms with Crippen LogP contribution in [0.25, 0.3) is 0 Å². The number of rotatable bonds is 11. The molecule has 3 amide bonds. The van der Waals surface area contributed by atoms with E-state index in [0.29, 0.717) is 22.9 Å². The quantitative estimate of drug-likeness (QED) is 0.363. The molecule has 0 spiro atoms. The van der Waals surface area contributed by atoms with E-state index in [1.54, 1.807) is 35.8 Å². The van der Waals surface area contributed by atoms with Gasteiger partial charge < -0.3 is 25.1 Å². The minimum atomic E-state index is -0.999. The minimum Gasteiger partial charge on any atom is -0.508 e. The highest BCUT2D eigenvalue weighted by Gasteiger charge is 2.34. The fraction of sp³-hybridized carbons (Fsp3) is 0.360. The van der Waals surface area contributed by atoms with Gasteiger partial charge in [-0.1, -0.05) is 19.1 Å². The number of phenolic OH excluding ortho intramolecular Hbond substituents is 1. The van der Waals surface area contributed by atoms with Crippen LogP contribution >= 0.6 is 11.3 Å². The van der Waals surface area contributed by atoms with Crippen LogP contribution in [0.3, 0.4) is 0 Å². The molecule has 0 unspecified atom stereocenters. The summed E-state index contributed by atoms with van der Waals surface area (Å²) in [6.07, 6.45) is 3.57. The first-order chi connectivity index (χ1) is 16.7. The zero-order valence-electron chi connectivity index (χ0n) is 20.0. The fourth-order valence-electron chi connectivity index (χ4n) is 3.34. The Kier molecular flexibility index (Phi) is 8.64. The second-order valence-electron chi connectivity index (χ2n) is 8.71. The highest BCUT2D eigenvalue weighted by molar-refractivity contribution is 7.13. The van der Waals surface area contributed by atoms with E-state index in [4.69, 9.17) is 4.42 Å². The van der Waals surface area contributed by atoms with Crippen molar-refractivity contribution in [2.24, 2.45) is 0 Å². The minimum absolute atomic E-state index is 0.0332. The highest BCUT2D eigenvalue weighted by Crippen LogP contribution is 2.28. The number of anilines is 1. The summed E-state index contributed by atoms with van der Waals surface area (Å²) in [4.78, 5) is 44.8. The monoisotopic (exact) mass is 498 g/mol. The second-order valence-corrected chi connectivity index (χ2v) is 9.60. The molecular formula is C25H30N4O5S. The van der Waals surface area contributed by atoms with Crippen LogP contribution in [0.5, 0.6) is 5.75 Å². The number of aromatic hydroxyl groups is 1. The van der Waals surface area contributed by atoms with Gasteiger partial charge in [0.1, 0.15) is 17.6 Å². The number of nitrogens with one attached hydrogen (secondary N) is 2. The molecule has 3 rings (SSSR count). The number of hydrogen-bond donors (Lipinski definition) is 3. The number of thiazole rings is 1. The molecule has 0 aliphatic carbocycles. The van der Waals surface area contributed by atoms with E-state index in [0.717, 1.165) is 0 Å². The molecule has 0 saturated heterocycles. The largest absolute Gasteiger partial charge is 0.508 e. The van der Waals surface area contributed by atoms with Gasteiger partial charge in [0, 0.05) is 30.0 Å². The van der Waals surface area contributed by atoms with Crippen molar-refractivity contribution in [3.05, 3.63) is 65.6 Å². The summed E-state index contributed by atoms with van der Waals surface area (Å²) in [7, 11) is 0. The Bertz CT molecular complexity index is 1110. The van der Waals surface area contributed by atoms with Crippen molar-refractivity contribution in [1.82, 2.24) is 15.2 Å². The SMILES string of the molecule is CCC(C)(C)NC(=O)[C@H](c1ccc(O)cc1)N(Cc1ccco1)C(=O)CCC(=O)Nc1nccs1. The number of hydrogen-bond acceptors (Lipinski definition) is 7. The molecule has 1 aromatic carbocycles. The third-order valence-electron chi connectivity index (χ3n) is 5.59. The molecule has 186 valence electrons. The van der Waals surface area contributed by atoms with Gasteiger partial charge >= 0.3 is 0 Å². The Morgan fingerprint density at radius 3 is 2.51 bits per heavy atom. The van der Waals surface area contributed by atoms with E-state index in [1.165, 1.54) is 34.6 Å². The number of aromatic nitrogens is 1. The van der Waals surface area contributed by atoms with Crippen LogP contribution < -0.4 is 10.6 Å². The number of furan rings is 1. The summed E-state index contributed by atoms with van der Waals surface area (Å²) in [6, 6.07) is 8.58. The molecule has 10 heteroatoms. The number of carbonyl (C=O) groups is 3. The van der Waals surface area contributed by atoms with E-state index < -0.39 is 17.5 Å². The van der Waals surface area contributed by atoms with Crippen LogP contribution in [0, 0.1) is 0 Å². The molecule has 9 nitrogen and oxygen atoms in total. The summed E-state index contributed by atoms with van der Waals surface area (Å²) in [5.41, 5.74) is 0.0264. The number of benzene rings is 1. The fourth-order valence-corrected chi connectivity index (χ4v) is 3.89. The molecule has 35 heavy (non-hydrogen) atoms. The molecule has 2 heterocycles. The van der Waals surface area contributed by atoms with E-state index in [2.05, 4.69) is 15.6 Å². The maximum atomic E-state index is 13.5. The van der Waals surface area contributed by atoms with Crippen molar-refractivity contribution < 1.29 is 23.9 Å². The smallest absolute Gasteiger partial charge is 0.247 e. The number of carbonyl (C=O) groups excluding carboxylic acids is 3. The zero-order valence-corrected chi connectivity index (χ0v) is 20.8. The molecule has 0 fully saturated rings. The van der Waals surface area contributed by atoms with Crippen molar-refractivity contribution in [2.45, 2.75) is 58.2 Å². The van der Waals surface area contributed by atoms with E-state index in [-0.39, 0.29) is 37.0 Å². The molecule has 1 atom stereocenters. The lowest BCUT2D eigenvalue weighted by Gasteiger charge is -2.34. The van der Waals surface area contributed by atoms with Crippen LogP contribution in [-0.2, 0) is 20.9 Å². The van der Waals surface area contributed by atoms with Crippen LogP contribution in [0.4, 0.5) is 5.13 Å². The van der Waals surface area contributed by atoms with Crippen molar-refractivity contribution in [3.8, 4) is 5.75 Å². The number of nitrogens with zero attached hydrogens (tertiary/aromatic N) is 2. The number of phenols is 1. The summed E-state index contributed by atoms with van der Waals surface area (Å²) in [5, 5.41) is 17.6. The van der Waals surface area contributed by atoms with Crippen LogP contribution in [-0.4, -0.2) is 38.3 Å². The van der Waals surface area contributed by atoms with E-state index in [1.807, 2.05) is 20.8 Å². The average Bonchev–Trinajstić information content (AvgIpc) is 3.52. The lowest BCUT2D eigenvalue weighted by atomic mass is 9.98. The average molecular weight is 499 g/mol. The first kappa shape index (κ1) is 26.0. The van der Waals surface area contributed by atoms with Gasteiger partial charge in [0.05, 0.1) is 12.8 Å². The van der Waals surface area contributed by atoms with Crippen LogP contribution in [0.1, 0.15) is 57.4 Å².